The van der Waals surface area contributed by atoms with E-state index < -0.39 is 5.97 Å². The van der Waals surface area contributed by atoms with Crippen LogP contribution < -0.4 is 0 Å². The van der Waals surface area contributed by atoms with E-state index in [-0.39, 0.29) is 5.69 Å². The molecule has 2 aromatic heterocycles. The Bertz CT molecular complexity index is 498. The molecule has 0 aromatic carbocycles. The van der Waals surface area contributed by atoms with Crippen LogP contribution in [0, 0.1) is 6.92 Å². The first kappa shape index (κ1) is 10.8. The maximum atomic E-state index is 10.9. The molecule has 0 spiro atoms. The number of hydrogen-bond donors (Lipinski definition) is 1. The third-order valence-electron chi connectivity index (χ3n) is 1.85. The summed E-state index contributed by atoms with van der Waals surface area (Å²) in [4.78, 5) is 17.5. The normalized spacial score (nSPS) is 10.5. The van der Waals surface area contributed by atoms with Gasteiger partial charge in [0.15, 0.2) is 5.69 Å². The van der Waals surface area contributed by atoms with Gasteiger partial charge in [-0.1, -0.05) is 0 Å². The van der Waals surface area contributed by atoms with Gasteiger partial charge in [0.1, 0.15) is 0 Å². The minimum Gasteiger partial charge on any atom is -0.476 e. The van der Waals surface area contributed by atoms with Crippen molar-refractivity contribution in [2.45, 2.75) is 6.92 Å². The van der Waals surface area contributed by atoms with E-state index >= 15 is 0 Å². The maximum Gasteiger partial charge on any atom is 0.356 e. The molecule has 0 fully saturated rings. The van der Waals surface area contributed by atoms with Crippen LogP contribution in [0.2, 0.25) is 0 Å². The van der Waals surface area contributed by atoms with Crippen LogP contribution in [0.4, 0.5) is 0 Å². The number of halogens is 1. The van der Waals surface area contributed by atoms with Gasteiger partial charge in [0.2, 0.25) is 0 Å². The number of thiophene rings is 1. The van der Waals surface area contributed by atoms with Crippen LogP contribution in [-0.2, 0) is 0 Å². The van der Waals surface area contributed by atoms with Crippen LogP contribution >= 0.6 is 38.6 Å². The fourth-order valence-corrected chi connectivity index (χ4v) is 3.58. The van der Waals surface area contributed by atoms with Crippen molar-refractivity contribution in [1.29, 1.82) is 0 Å². The third kappa shape index (κ3) is 1.97. The number of rotatable bonds is 2. The van der Waals surface area contributed by atoms with Crippen LogP contribution in [0.15, 0.2) is 16.0 Å². The average Bonchev–Trinajstić information content (AvgIpc) is 2.73. The van der Waals surface area contributed by atoms with Crippen molar-refractivity contribution < 1.29 is 9.90 Å². The Balaban J connectivity index is 2.54. The van der Waals surface area contributed by atoms with Gasteiger partial charge < -0.3 is 5.11 Å². The predicted molar refractivity (Wildman–Crippen MR) is 64.8 cm³/mol. The standard InChI is InChI=1S/C9H6BrNO2S2/c1-4-5(10)2-6(15-4)8-7(9(12)13)11-3-14-8/h2-3H,1H3,(H,12,13). The summed E-state index contributed by atoms with van der Waals surface area (Å²) in [5, 5.41) is 8.93. The Morgan fingerprint density at radius 3 is 2.87 bits per heavy atom. The van der Waals surface area contributed by atoms with Gasteiger partial charge in [-0.05, 0) is 28.9 Å². The summed E-state index contributed by atoms with van der Waals surface area (Å²) < 4.78 is 1.01. The average molecular weight is 304 g/mol. The second-order valence-electron chi connectivity index (χ2n) is 2.85. The Kier molecular flexibility index (Phi) is 2.90. The molecular weight excluding hydrogens is 298 g/mol. The zero-order valence-electron chi connectivity index (χ0n) is 7.65. The van der Waals surface area contributed by atoms with Crippen LogP contribution in [0.5, 0.6) is 0 Å². The Morgan fingerprint density at radius 1 is 1.60 bits per heavy atom. The molecule has 1 N–H and O–H groups in total. The molecule has 15 heavy (non-hydrogen) atoms. The number of carboxylic acids is 1. The zero-order chi connectivity index (χ0) is 11.0. The number of aromatic carboxylic acids is 1. The second kappa shape index (κ2) is 4.03. The molecule has 0 bridgehead atoms. The number of carbonyl (C=O) groups is 1. The molecule has 78 valence electrons. The Morgan fingerprint density at radius 2 is 2.33 bits per heavy atom. The monoisotopic (exact) mass is 303 g/mol. The minimum absolute atomic E-state index is 0.133. The molecule has 0 atom stereocenters. The molecule has 3 nitrogen and oxygen atoms in total. The first-order chi connectivity index (χ1) is 7.09. The van der Waals surface area contributed by atoms with Gasteiger partial charge in [-0.15, -0.1) is 22.7 Å². The van der Waals surface area contributed by atoms with Crippen molar-refractivity contribution in [3.63, 3.8) is 0 Å². The number of nitrogens with zero attached hydrogens (tertiary/aromatic N) is 1. The molecule has 2 rings (SSSR count). The lowest BCUT2D eigenvalue weighted by Crippen LogP contribution is -1.97. The van der Waals surface area contributed by atoms with E-state index in [0.717, 1.165) is 19.1 Å². The SMILES string of the molecule is Cc1sc(-c2scnc2C(=O)O)cc1Br. The Labute approximate surface area is 103 Å². The molecule has 0 saturated heterocycles. The number of hydrogen-bond acceptors (Lipinski definition) is 4. The number of aryl methyl sites for hydroxylation is 1. The maximum absolute atomic E-state index is 10.9. The fraction of sp³-hybridized carbons (Fsp3) is 0.111. The van der Waals surface area contributed by atoms with E-state index in [1.807, 2.05) is 13.0 Å². The van der Waals surface area contributed by atoms with Gasteiger partial charge in [0.05, 0.1) is 10.4 Å². The lowest BCUT2D eigenvalue weighted by molar-refractivity contribution is 0.0692. The van der Waals surface area contributed by atoms with Crippen LogP contribution in [0.3, 0.4) is 0 Å². The number of thiazole rings is 1. The van der Waals surface area contributed by atoms with Crippen LogP contribution in [0.1, 0.15) is 15.4 Å². The van der Waals surface area contributed by atoms with E-state index in [9.17, 15) is 4.79 Å². The molecule has 0 amide bonds. The van der Waals surface area contributed by atoms with Crippen LogP contribution in [0.25, 0.3) is 9.75 Å². The highest BCUT2D eigenvalue weighted by atomic mass is 79.9. The summed E-state index contributed by atoms with van der Waals surface area (Å²) in [5.41, 5.74) is 1.69. The summed E-state index contributed by atoms with van der Waals surface area (Å²) in [7, 11) is 0. The van der Waals surface area contributed by atoms with Crippen molar-refractivity contribution in [1.82, 2.24) is 4.98 Å². The van der Waals surface area contributed by atoms with Gasteiger partial charge in [0.25, 0.3) is 0 Å². The van der Waals surface area contributed by atoms with E-state index in [4.69, 9.17) is 5.11 Å². The topological polar surface area (TPSA) is 50.2 Å². The summed E-state index contributed by atoms with van der Waals surface area (Å²) in [6.45, 7) is 1.99. The fourth-order valence-electron chi connectivity index (χ4n) is 1.15. The highest BCUT2D eigenvalue weighted by Gasteiger charge is 2.17. The van der Waals surface area contributed by atoms with Crippen molar-refractivity contribution in [2.24, 2.45) is 0 Å². The predicted octanol–water partition coefficient (Wildman–Crippen LogP) is 3.64. The Hall–Kier alpha value is -0.720. The molecule has 0 saturated carbocycles. The summed E-state index contributed by atoms with van der Waals surface area (Å²) >= 11 is 6.32. The summed E-state index contributed by atoms with van der Waals surface area (Å²) in [6, 6.07) is 1.93. The molecule has 0 radical (unpaired) electrons. The van der Waals surface area contributed by atoms with Crippen LogP contribution in [-0.4, -0.2) is 16.1 Å². The molecule has 0 aliphatic heterocycles. The zero-order valence-corrected chi connectivity index (χ0v) is 10.9. The van der Waals surface area contributed by atoms with Gasteiger partial charge in [-0.25, -0.2) is 9.78 Å². The van der Waals surface area contributed by atoms with Gasteiger partial charge in [-0.2, -0.15) is 0 Å². The molecular formula is C9H6BrNO2S2. The first-order valence-corrected chi connectivity index (χ1v) is 6.51. The van der Waals surface area contributed by atoms with Crippen molar-refractivity contribution >= 4 is 44.6 Å². The van der Waals surface area contributed by atoms with Crippen molar-refractivity contribution in [2.75, 3.05) is 0 Å². The lowest BCUT2D eigenvalue weighted by atomic mass is 10.3. The minimum atomic E-state index is -0.978. The molecule has 6 heteroatoms. The summed E-state index contributed by atoms with van der Waals surface area (Å²) in [6.07, 6.45) is 0. The molecule has 0 aliphatic carbocycles. The largest absolute Gasteiger partial charge is 0.476 e. The summed E-state index contributed by atoms with van der Waals surface area (Å²) in [5.74, 6) is -0.978. The highest BCUT2D eigenvalue weighted by Crippen LogP contribution is 2.37. The molecule has 0 unspecified atom stereocenters. The molecule has 2 aromatic rings. The highest BCUT2D eigenvalue weighted by molar-refractivity contribution is 9.10. The van der Waals surface area contributed by atoms with Gasteiger partial charge in [-0.3, -0.25) is 0 Å². The van der Waals surface area contributed by atoms with Crippen molar-refractivity contribution in [3.05, 3.63) is 26.6 Å². The third-order valence-corrected chi connectivity index (χ3v) is 4.99. The molecule has 0 aliphatic rings. The lowest BCUT2D eigenvalue weighted by Gasteiger charge is -1.92. The van der Waals surface area contributed by atoms with Crippen molar-refractivity contribution in [3.8, 4) is 9.75 Å². The van der Waals surface area contributed by atoms with E-state index in [1.165, 1.54) is 11.3 Å². The number of carboxylic acid groups (broad SMARTS) is 1. The van der Waals surface area contributed by atoms with Gasteiger partial charge in [0, 0.05) is 14.2 Å². The van der Waals surface area contributed by atoms with E-state index in [1.54, 1.807) is 16.8 Å². The molecule has 2 heterocycles. The first-order valence-electron chi connectivity index (χ1n) is 4.02. The van der Waals surface area contributed by atoms with E-state index in [2.05, 4.69) is 20.9 Å². The number of aromatic nitrogens is 1. The van der Waals surface area contributed by atoms with Gasteiger partial charge >= 0.3 is 5.97 Å². The van der Waals surface area contributed by atoms with E-state index in [0.29, 0.717) is 0 Å². The smallest absolute Gasteiger partial charge is 0.356 e. The second-order valence-corrected chi connectivity index (χ2v) is 5.82. The quantitative estimate of drug-likeness (QED) is 0.921.